The molecule has 3 aromatic rings. The third kappa shape index (κ3) is 10.6. The first-order valence-electron chi connectivity index (χ1n) is 13.4. The lowest BCUT2D eigenvalue weighted by Crippen LogP contribution is -2.14. The Hall–Kier alpha value is -4.95. The molecule has 8 nitrogen and oxygen atoms in total. The molecule has 1 N–H and O–H groups in total. The second-order valence-corrected chi connectivity index (χ2v) is 9.04. The van der Waals surface area contributed by atoms with Gasteiger partial charge < -0.3 is 24.1 Å². The predicted molar refractivity (Wildman–Crippen MR) is 160 cm³/mol. The number of ketones is 1. The molecule has 0 aliphatic heterocycles. The lowest BCUT2D eigenvalue weighted by atomic mass is 10.0. The van der Waals surface area contributed by atoms with Crippen molar-refractivity contribution in [3.8, 4) is 22.6 Å². The molecule has 0 bridgehead atoms. The fourth-order valence-electron chi connectivity index (χ4n) is 3.60. The number of rotatable bonds is 17. The van der Waals surface area contributed by atoms with Gasteiger partial charge in [-0.3, -0.25) is 4.79 Å². The average molecular weight is 571 g/mol. The number of aliphatic hydroxyl groups excluding tert-OH is 1. The zero-order valence-corrected chi connectivity index (χ0v) is 23.3. The van der Waals surface area contributed by atoms with E-state index in [1.165, 1.54) is 0 Å². The number of carbonyl (C=O) groups is 3. The van der Waals surface area contributed by atoms with E-state index in [4.69, 9.17) is 24.1 Å². The Labute approximate surface area is 245 Å². The van der Waals surface area contributed by atoms with E-state index in [-0.39, 0.29) is 24.6 Å². The Kier molecular flexibility index (Phi) is 12.8. The summed E-state index contributed by atoms with van der Waals surface area (Å²) >= 11 is 0. The molecule has 0 spiro atoms. The Balaban J connectivity index is 1.42. The lowest BCUT2D eigenvalue weighted by molar-refractivity contribution is -0.140. The van der Waals surface area contributed by atoms with E-state index in [1.807, 2.05) is 48.5 Å². The minimum Gasteiger partial charge on any atom is -0.494 e. The van der Waals surface area contributed by atoms with Crippen molar-refractivity contribution in [1.82, 2.24) is 0 Å². The number of benzene rings is 3. The molecule has 0 fully saturated rings. The molecule has 42 heavy (non-hydrogen) atoms. The maximum Gasteiger partial charge on any atom is 0.335 e. The third-order valence-corrected chi connectivity index (χ3v) is 5.95. The van der Waals surface area contributed by atoms with Gasteiger partial charge in [0.2, 0.25) is 0 Å². The summed E-state index contributed by atoms with van der Waals surface area (Å²) in [4.78, 5) is 35.1. The van der Waals surface area contributed by atoms with Gasteiger partial charge in [-0.15, -0.1) is 0 Å². The quantitative estimate of drug-likeness (QED) is 0.0966. The number of carbonyl (C=O) groups excluding carboxylic acids is 3. The molecule has 8 heteroatoms. The van der Waals surface area contributed by atoms with E-state index in [0.29, 0.717) is 36.7 Å². The number of hydrogen-bond donors (Lipinski definition) is 1. The van der Waals surface area contributed by atoms with Crippen LogP contribution in [0.25, 0.3) is 17.2 Å². The summed E-state index contributed by atoms with van der Waals surface area (Å²) < 4.78 is 21.1. The summed E-state index contributed by atoms with van der Waals surface area (Å²) in [6, 6.07) is 22.3. The van der Waals surface area contributed by atoms with Gasteiger partial charge in [0, 0.05) is 11.6 Å². The van der Waals surface area contributed by atoms with E-state index < -0.39 is 18.5 Å². The van der Waals surface area contributed by atoms with Gasteiger partial charge in [0.05, 0.1) is 25.4 Å². The van der Waals surface area contributed by atoms with Crippen molar-refractivity contribution in [1.29, 1.82) is 0 Å². The maximum absolute atomic E-state index is 12.6. The fourth-order valence-corrected chi connectivity index (χ4v) is 3.60. The lowest BCUT2D eigenvalue weighted by Gasteiger charge is -2.09. The zero-order chi connectivity index (χ0) is 30.2. The van der Waals surface area contributed by atoms with Crippen LogP contribution in [0.1, 0.15) is 28.8 Å². The number of ether oxygens (including phenoxy) is 4. The van der Waals surface area contributed by atoms with Crippen LogP contribution in [0.15, 0.2) is 104 Å². The number of esters is 2. The van der Waals surface area contributed by atoms with Gasteiger partial charge in [-0.25, -0.2) is 9.59 Å². The molecule has 3 rings (SSSR count). The van der Waals surface area contributed by atoms with Crippen LogP contribution >= 0.6 is 0 Å². The first-order valence-corrected chi connectivity index (χ1v) is 13.4. The normalized spacial score (nSPS) is 10.6. The summed E-state index contributed by atoms with van der Waals surface area (Å²) in [5.74, 6) is 0.116. The van der Waals surface area contributed by atoms with Crippen LogP contribution in [0.2, 0.25) is 0 Å². The molecule has 0 atom stereocenters. The van der Waals surface area contributed by atoms with Crippen molar-refractivity contribution in [2.75, 3.05) is 33.0 Å². The second kappa shape index (κ2) is 17.0. The molecule has 0 unspecified atom stereocenters. The summed E-state index contributed by atoms with van der Waals surface area (Å²) in [5.41, 5.74) is 3.46. The summed E-state index contributed by atoms with van der Waals surface area (Å²) in [7, 11) is 0. The van der Waals surface area contributed by atoms with Crippen LogP contribution in [0.4, 0.5) is 0 Å². The molecule has 218 valence electrons. The smallest absolute Gasteiger partial charge is 0.335 e. The van der Waals surface area contributed by atoms with Gasteiger partial charge in [-0.2, -0.15) is 0 Å². The number of unbranched alkanes of at least 4 members (excludes halogenated alkanes) is 1. The predicted octanol–water partition coefficient (Wildman–Crippen LogP) is 5.61. The highest BCUT2D eigenvalue weighted by Gasteiger charge is 2.07. The van der Waals surface area contributed by atoms with E-state index in [1.54, 1.807) is 36.4 Å². The average Bonchev–Trinajstić information content (AvgIpc) is 3.03. The van der Waals surface area contributed by atoms with Crippen molar-refractivity contribution >= 4 is 23.8 Å². The van der Waals surface area contributed by atoms with Gasteiger partial charge in [-0.05, 0) is 72.0 Å². The van der Waals surface area contributed by atoms with Gasteiger partial charge >= 0.3 is 11.9 Å². The standard InChI is InChI=1S/C34H34O8/c1-3-33(37)41-21-5-4-20-39-30-17-13-29(14-18-30)32(36)19-8-26-6-9-27(10-7-26)28-11-15-31(16-12-28)40-22-23-42-34(38)25(2)24-35/h3,6-19,35H,1-2,4-5,20-24H2/b19-8+. The molecule has 0 heterocycles. The highest BCUT2D eigenvalue weighted by molar-refractivity contribution is 6.06. The van der Waals surface area contributed by atoms with Gasteiger partial charge in [0.1, 0.15) is 24.7 Å². The van der Waals surface area contributed by atoms with E-state index in [2.05, 4.69) is 13.2 Å². The van der Waals surface area contributed by atoms with Crippen molar-refractivity contribution < 1.29 is 38.4 Å². The van der Waals surface area contributed by atoms with Crippen LogP contribution in [-0.4, -0.2) is 55.9 Å². The molecular formula is C34H34O8. The van der Waals surface area contributed by atoms with Gasteiger partial charge in [0.25, 0.3) is 0 Å². The monoisotopic (exact) mass is 570 g/mol. The number of hydrogen-bond acceptors (Lipinski definition) is 8. The Morgan fingerprint density at radius 2 is 1.29 bits per heavy atom. The number of allylic oxidation sites excluding steroid dienone is 1. The van der Waals surface area contributed by atoms with Gasteiger partial charge in [0.15, 0.2) is 5.78 Å². The Bertz CT molecular complexity index is 1370. The summed E-state index contributed by atoms with van der Waals surface area (Å²) in [6.07, 6.45) is 5.87. The minimum absolute atomic E-state index is 0.00000436. The minimum atomic E-state index is -0.644. The van der Waals surface area contributed by atoms with E-state index in [0.717, 1.165) is 29.2 Å². The largest absolute Gasteiger partial charge is 0.494 e. The topological polar surface area (TPSA) is 108 Å². The van der Waals surface area contributed by atoms with Crippen LogP contribution in [0, 0.1) is 0 Å². The molecule has 0 radical (unpaired) electrons. The molecule has 0 amide bonds. The Morgan fingerprint density at radius 1 is 0.714 bits per heavy atom. The third-order valence-electron chi connectivity index (χ3n) is 5.95. The Morgan fingerprint density at radius 3 is 1.90 bits per heavy atom. The van der Waals surface area contributed by atoms with Crippen molar-refractivity contribution in [3.63, 3.8) is 0 Å². The summed E-state index contributed by atoms with van der Waals surface area (Å²) in [6.45, 7) is 7.35. The fraction of sp³-hybridized carbons (Fsp3) is 0.206. The maximum atomic E-state index is 12.6. The second-order valence-electron chi connectivity index (χ2n) is 9.04. The van der Waals surface area contributed by atoms with Crippen molar-refractivity contribution in [2.45, 2.75) is 12.8 Å². The highest BCUT2D eigenvalue weighted by atomic mass is 16.6. The molecule has 0 saturated heterocycles. The first-order chi connectivity index (χ1) is 20.4. The first kappa shape index (κ1) is 31.6. The molecule has 3 aromatic carbocycles. The molecule has 0 aliphatic rings. The van der Waals surface area contributed by atoms with Crippen LogP contribution in [-0.2, 0) is 19.1 Å². The SMILES string of the molecule is C=CC(=O)OCCCCOc1ccc(C(=O)/C=C/c2ccc(-c3ccc(OCCOC(=O)C(=C)CO)cc3)cc2)cc1. The molecule has 0 saturated carbocycles. The van der Waals surface area contributed by atoms with Crippen LogP contribution in [0.3, 0.4) is 0 Å². The molecule has 0 aliphatic carbocycles. The number of aliphatic hydroxyl groups is 1. The summed E-state index contributed by atoms with van der Waals surface area (Å²) in [5, 5.41) is 8.86. The molecule has 0 aromatic heterocycles. The van der Waals surface area contributed by atoms with E-state index >= 15 is 0 Å². The van der Waals surface area contributed by atoms with Gasteiger partial charge in [-0.1, -0.05) is 55.6 Å². The van der Waals surface area contributed by atoms with Crippen LogP contribution < -0.4 is 9.47 Å². The zero-order valence-electron chi connectivity index (χ0n) is 23.3. The van der Waals surface area contributed by atoms with Crippen LogP contribution in [0.5, 0.6) is 11.5 Å². The molecular weight excluding hydrogens is 536 g/mol. The van der Waals surface area contributed by atoms with Crippen molar-refractivity contribution in [3.05, 3.63) is 115 Å². The van der Waals surface area contributed by atoms with Crippen molar-refractivity contribution in [2.24, 2.45) is 0 Å². The highest BCUT2D eigenvalue weighted by Crippen LogP contribution is 2.23. The van der Waals surface area contributed by atoms with E-state index in [9.17, 15) is 14.4 Å².